The molecule has 3 rings (SSSR count). The lowest BCUT2D eigenvalue weighted by molar-refractivity contribution is 0.0860. The van der Waals surface area contributed by atoms with Gasteiger partial charge in [0.1, 0.15) is 0 Å². The molecule has 2 aromatic carbocycles. The van der Waals surface area contributed by atoms with Crippen LogP contribution in [0, 0.1) is 6.92 Å². The van der Waals surface area contributed by atoms with Crippen LogP contribution in [0.15, 0.2) is 59.6 Å². The van der Waals surface area contributed by atoms with E-state index < -0.39 is 0 Å². The van der Waals surface area contributed by atoms with Crippen LogP contribution in [0.1, 0.15) is 21.5 Å². The third-order valence-electron chi connectivity index (χ3n) is 3.63. The highest BCUT2D eigenvalue weighted by atomic mass is 32.2. The Kier molecular flexibility index (Phi) is 4.59. The van der Waals surface area contributed by atoms with E-state index in [1.54, 1.807) is 16.7 Å². The molecule has 0 saturated heterocycles. The van der Waals surface area contributed by atoms with E-state index in [4.69, 9.17) is 0 Å². The number of rotatable bonds is 3. The Bertz CT molecular complexity index is 697. The van der Waals surface area contributed by atoms with Crippen LogP contribution in [-0.2, 0) is 5.75 Å². The number of aryl methyl sites for hydroxylation is 1. The second-order valence-electron chi connectivity index (χ2n) is 5.21. The number of thioether (sulfide) groups is 1. The summed E-state index contributed by atoms with van der Waals surface area (Å²) < 4.78 is 0. The molecule has 0 aliphatic carbocycles. The van der Waals surface area contributed by atoms with Gasteiger partial charge in [0.25, 0.3) is 5.91 Å². The van der Waals surface area contributed by atoms with Crippen LogP contribution in [0.4, 0.5) is 0 Å². The standard InChI is InChI=1S/C18H18N2OS/c1-14-7-5-6-10-16(14)17(21)20-12-11-19-18(20)22-13-15-8-3-2-4-9-15/h2-10H,11-13H2,1H3. The summed E-state index contributed by atoms with van der Waals surface area (Å²) in [4.78, 5) is 19.0. The van der Waals surface area contributed by atoms with Crippen molar-refractivity contribution in [1.82, 2.24) is 4.90 Å². The van der Waals surface area contributed by atoms with Gasteiger partial charge in [-0.3, -0.25) is 14.7 Å². The van der Waals surface area contributed by atoms with Gasteiger partial charge in [-0.1, -0.05) is 60.3 Å². The van der Waals surface area contributed by atoms with Crippen molar-refractivity contribution in [2.45, 2.75) is 12.7 Å². The van der Waals surface area contributed by atoms with Crippen molar-refractivity contribution >= 4 is 22.8 Å². The SMILES string of the molecule is Cc1ccccc1C(=O)N1CCN=C1SCc1ccccc1. The minimum absolute atomic E-state index is 0.0508. The molecule has 0 unspecified atom stereocenters. The molecule has 0 atom stereocenters. The van der Waals surface area contributed by atoms with Crippen LogP contribution >= 0.6 is 11.8 Å². The van der Waals surface area contributed by atoms with Crippen molar-refractivity contribution in [3.05, 3.63) is 71.3 Å². The van der Waals surface area contributed by atoms with E-state index in [0.717, 1.165) is 22.0 Å². The molecule has 0 spiro atoms. The fraction of sp³-hybridized carbons (Fsp3) is 0.222. The second-order valence-corrected chi connectivity index (χ2v) is 6.15. The number of aliphatic imine (C=N–C) groups is 1. The first kappa shape index (κ1) is 14.9. The Labute approximate surface area is 135 Å². The average molecular weight is 310 g/mol. The van der Waals surface area contributed by atoms with Crippen molar-refractivity contribution in [2.24, 2.45) is 4.99 Å². The number of hydrogen-bond acceptors (Lipinski definition) is 3. The topological polar surface area (TPSA) is 32.7 Å². The molecule has 0 aromatic heterocycles. The first-order valence-electron chi connectivity index (χ1n) is 7.34. The van der Waals surface area contributed by atoms with E-state index in [-0.39, 0.29) is 5.91 Å². The van der Waals surface area contributed by atoms with Crippen molar-refractivity contribution in [3.8, 4) is 0 Å². The van der Waals surface area contributed by atoms with Gasteiger partial charge in [0, 0.05) is 17.9 Å². The van der Waals surface area contributed by atoms with Crippen molar-refractivity contribution in [1.29, 1.82) is 0 Å². The van der Waals surface area contributed by atoms with E-state index >= 15 is 0 Å². The fourth-order valence-electron chi connectivity index (χ4n) is 2.42. The van der Waals surface area contributed by atoms with E-state index in [0.29, 0.717) is 13.1 Å². The molecule has 1 amide bonds. The Morgan fingerprint density at radius 1 is 1.14 bits per heavy atom. The van der Waals surface area contributed by atoms with Gasteiger partial charge in [0.05, 0.1) is 6.54 Å². The fourth-order valence-corrected chi connectivity index (χ4v) is 3.42. The molecule has 0 radical (unpaired) electrons. The predicted molar refractivity (Wildman–Crippen MR) is 92.3 cm³/mol. The lowest BCUT2D eigenvalue weighted by Crippen LogP contribution is -2.33. The summed E-state index contributed by atoms with van der Waals surface area (Å²) >= 11 is 1.63. The van der Waals surface area contributed by atoms with Gasteiger partial charge in [0.15, 0.2) is 5.17 Å². The molecular formula is C18H18N2OS. The smallest absolute Gasteiger partial charge is 0.260 e. The molecule has 3 nitrogen and oxygen atoms in total. The summed E-state index contributed by atoms with van der Waals surface area (Å²) in [6.07, 6.45) is 0. The highest BCUT2D eigenvalue weighted by molar-refractivity contribution is 8.13. The van der Waals surface area contributed by atoms with Gasteiger partial charge < -0.3 is 0 Å². The minimum atomic E-state index is 0.0508. The quantitative estimate of drug-likeness (QED) is 0.865. The van der Waals surface area contributed by atoms with E-state index in [2.05, 4.69) is 17.1 Å². The van der Waals surface area contributed by atoms with Crippen molar-refractivity contribution in [3.63, 3.8) is 0 Å². The summed E-state index contributed by atoms with van der Waals surface area (Å²) in [5, 5.41) is 0.831. The normalized spacial score (nSPS) is 14.0. The summed E-state index contributed by atoms with van der Waals surface area (Å²) in [6.45, 7) is 3.33. The monoisotopic (exact) mass is 310 g/mol. The molecule has 0 saturated carbocycles. The number of hydrogen-bond donors (Lipinski definition) is 0. The number of amides is 1. The van der Waals surface area contributed by atoms with Gasteiger partial charge in [-0.15, -0.1) is 0 Å². The maximum absolute atomic E-state index is 12.7. The maximum Gasteiger partial charge on any atom is 0.260 e. The van der Waals surface area contributed by atoms with Crippen molar-refractivity contribution in [2.75, 3.05) is 13.1 Å². The highest BCUT2D eigenvalue weighted by Crippen LogP contribution is 2.22. The zero-order valence-corrected chi connectivity index (χ0v) is 13.3. The molecule has 4 heteroatoms. The number of amidine groups is 1. The summed E-state index contributed by atoms with van der Waals surface area (Å²) in [7, 11) is 0. The molecule has 0 fully saturated rings. The highest BCUT2D eigenvalue weighted by Gasteiger charge is 2.25. The van der Waals surface area contributed by atoms with Crippen LogP contribution < -0.4 is 0 Å². The van der Waals surface area contributed by atoms with Crippen LogP contribution in [0.2, 0.25) is 0 Å². The molecule has 112 valence electrons. The Hall–Kier alpha value is -2.07. The van der Waals surface area contributed by atoms with Crippen LogP contribution in [0.3, 0.4) is 0 Å². The number of carbonyl (C=O) groups is 1. The molecule has 1 heterocycles. The van der Waals surface area contributed by atoms with E-state index in [1.165, 1.54) is 5.56 Å². The Morgan fingerprint density at radius 2 is 1.86 bits per heavy atom. The maximum atomic E-state index is 12.7. The lowest BCUT2D eigenvalue weighted by atomic mass is 10.1. The van der Waals surface area contributed by atoms with Gasteiger partial charge >= 0.3 is 0 Å². The Morgan fingerprint density at radius 3 is 2.64 bits per heavy atom. The largest absolute Gasteiger partial charge is 0.286 e. The van der Waals surface area contributed by atoms with Crippen LogP contribution in [-0.4, -0.2) is 29.1 Å². The minimum Gasteiger partial charge on any atom is -0.286 e. The van der Waals surface area contributed by atoms with Gasteiger partial charge in [-0.25, -0.2) is 0 Å². The molecular weight excluding hydrogens is 292 g/mol. The van der Waals surface area contributed by atoms with Crippen LogP contribution in [0.25, 0.3) is 0 Å². The first-order valence-corrected chi connectivity index (χ1v) is 8.33. The zero-order chi connectivity index (χ0) is 15.4. The summed E-state index contributed by atoms with van der Waals surface area (Å²) in [5.41, 5.74) is 3.01. The van der Waals surface area contributed by atoms with E-state index in [9.17, 15) is 4.79 Å². The Balaban J connectivity index is 1.70. The lowest BCUT2D eigenvalue weighted by Gasteiger charge is -2.19. The number of carbonyl (C=O) groups excluding carboxylic acids is 1. The van der Waals surface area contributed by atoms with Gasteiger partial charge in [-0.2, -0.15) is 0 Å². The van der Waals surface area contributed by atoms with Crippen molar-refractivity contribution < 1.29 is 4.79 Å². The average Bonchev–Trinajstić information content (AvgIpc) is 3.02. The third-order valence-corrected chi connectivity index (χ3v) is 4.72. The molecule has 0 bridgehead atoms. The van der Waals surface area contributed by atoms with Gasteiger partial charge in [0.2, 0.25) is 0 Å². The zero-order valence-electron chi connectivity index (χ0n) is 12.5. The second kappa shape index (κ2) is 6.79. The molecule has 0 N–H and O–H groups in total. The van der Waals surface area contributed by atoms with Crippen LogP contribution in [0.5, 0.6) is 0 Å². The molecule has 22 heavy (non-hydrogen) atoms. The first-order chi connectivity index (χ1) is 10.8. The molecule has 1 aliphatic rings. The number of nitrogens with zero attached hydrogens (tertiary/aromatic N) is 2. The molecule has 2 aromatic rings. The third kappa shape index (κ3) is 3.22. The number of benzene rings is 2. The molecule has 1 aliphatic heterocycles. The van der Waals surface area contributed by atoms with Gasteiger partial charge in [-0.05, 0) is 24.1 Å². The predicted octanol–water partition coefficient (Wildman–Crippen LogP) is 3.74. The summed E-state index contributed by atoms with van der Waals surface area (Å²) in [5.74, 6) is 0.881. The van der Waals surface area contributed by atoms with E-state index in [1.807, 2.05) is 49.4 Å². The summed E-state index contributed by atoms with van der Waals surface area (Å²) in [6, 6.07) is 18.0.